The van der Waals surface area contributed by atoms with E-state index in [1.165, 1.54) is 238 Å². The van der Waals surface area contributed by atoms with Crippen LogP contribution < -0.4 is 10.2 Å². The quantitative estimate of drug-likeness (QED) is 0.0272. The molecule has 0 aliphatic heterocycles. The molecule has 0 saturated carbocycles. The first-order valence-electron chi connectivity index (χ1n) is 30.4. The number of carbonyl (C=O) groups is 1. The summed E-state index contributed by atoms with van der Waals surface area (Å²) in [6.45, 7) is 4.67. The topological polar surface area (TPSA) is 108 Å². The third-order valence-corrected chi connectivity index (χ3v) is 14.8. The lowest BCUT2D eigenvalue weighted by molar-refractivity contribution is -0.870. The monoisotopic (exact) mass is 1010 g/mol. The minimum absolute atomic E-state index is 0.00545. The maximum Gasteiger partial charge on any atom is 0.268 e. The van der Waals surface area contributed by atoms with Gasteiger partial charge in [-0.25, -0.2) is 0 Å². The lowest BCUT2D eigenvalue weighted by Gasteiger charge is -2.29. The number of hydrogen-bond acceptors (Lipinski definition) is 6. The van der Waals surface area contributed by atoms with Gasteiger partial charge in [0.15, 0.2) is 0 Å². The maximum absolute atomic E-state index is 13.0. The fraction of sp³-hybridized carbons (Fsp3) is 0.885. The highest BCUT2D eigenvalue weighted by atomic mass is 31.2. The second kappa shape index (κ2) is 52.6. The van der Waals surface area contributed by atoms with Gasteiger partial charge in [-0.3, -0.25) is 9.36 Å². The van der Waals surface area contributed by atoms with E-state index in [-0.39, 0.29) is 12.5 Å². The fourth-order valence-corrected chi connectivity index (χ4v) is 9.77. The summed E-state index contributed by atoms with van der Waals surface area (Å²) >= 11 is 0. The molecule has 0 aromatic rings. The Morgan fingerprint density at radius 3 is 1.16 bits per heavy atom. The molecule has 2 N–H and O–H groups in total. The number of quaternary nitrogens is 1. The van der Waals surface area contributed by atoms with Crippen molar-refractivity contribution in [1.82, 2.24) is 5.32 Å². The lowest BCUT2D eigenvalue weighted by atomic mass is 10.0. The van der Waals surface area contributed by atoms with E-state index < -0.39 is 26.6 Å². The first kappa shape index (κ1) is 68.7. The summed E-state index contributed by atoms with van der Waals surface area (Å²) in [7, 11) is 1.25. The Hall–Kier alpha value is -1.28. The molecular formula is C61H119N2O6P. The summed E-state index contributed by atoms with van der Waals surface area (Å²) in [6.07, 6.45) is 68.1. The molecule has 9 heteroatoms. The van der Waals surface area contributed by atoms with Crippen LogP contribution in [0, 0.1) is 0 Å². The van der Waals surface area contributed by atoms with Gasteiger partial charge >= 0.3 is 0 Å². The van der Waals surface area contributed by atoms with Crippen molar-refractivity contribution in [2.75, 3.05) is 40.9 Å². The number of nitrogens with one attached hydrogen (secondary N) is 1. The van der Waals surface area contributed by atoms with Gasteiger partial charge in [-0.1, -0.05) is 269 Å². The molecule has 0 rings (SSSR count). The van der Waals surface area contributed by atoms with E-state index >= 15 is 0 Å². The number of aliphatic hydroxyl groups excluding tert-OH is 1. The van der Waals surface area contributed by atoms with E-state index in [9.17, 15) is 19.4 Å². The molecule has 414 valence electrons. The molecule has 0 bridgehead atoms. The molecule has 8 nitrogen and oxygen atoms in total. The molecule has 3 unspecified atom stereocenters. The Labute approximate surface area is 436 Å². The van der Waals surface area contributed by atoms with Crippen molar-refractivity contribution >= 4 is 13.7 Å². The van der Waals surface area contributed by atoms with E-state index in [4.69, 9.17) is 9.05 Å². The molecule has 3 atom stereocenters. The molecule has 0 aromatic heterocycles. The Kier molecular flexibility index (Phi) is 51.6. The molecule has 0 aliphatic rings. The molecule has 0 saturated heterocycles. The lowest BCUT2D eigenvalue weighted by Crippen LogP contribution is -2.45. The third-order valence-electron chi connectivity index (χ3n) is 13.8. The number of rotatable bonds is 56. The zero-order valence-corrected chi connectivity index (χ0v) is 48.1. The summed E-state index contributed by atoms with van der Waals surface area (Å²) in [5.74, 6) is -0.204. The van der Waals surface area contributed by atoms with Gasteiger partial charge in [-0.05, 0) is 57.8 Å². The molecule has 0 radical (unpaired) electrons. The molecule has 1 amide bonds. The highest BCUT2D eigenvalue weighted by molar-refractivity contribution is 7.45. The van der Waals surface area contributed by atoms with Crippen LogP contribution in [0.5, 0.6) is 0 Å². The molecule has 0 aromatic carbocycles. The van der Waals surface area contributed by atoms with Gasteiger partial charge < -0.3 is 28.8 Å². The third kappa shape index (κ3) is 54.5. The summed E-state index contributed by atoms with van der Waals surface area (Å²) < 4.78 is 23.4. The number of phosphoric acid groups is 1. The van der Waals surface area contributed by atoms with Gasteiger partial charge in [-0.15, -0.1) is 0 Å². The minimum Gasteiger partial charge on any atom is -0.756 e. The molecule has 0 heterocycles. The number of nitrogens with zero attached hydrogens (tertiary/aromatic N) is 1. The van der Waals surface area contributed by atoms with Gasteiger partial charge in [0.25, 0.3) is 7.82 Å². The SMILES string of the molecule is CCCCCCCCCCCCCC/C=C\CCCCCCCCCCCCCCC(=O)NC(COP(=O)([O-])OCC[N+](C)(C)C)C(O)/C=C/CC/C=C/CCCCCCCCCCCCCCCC. The van der Waals surface area contributed by atoms with E-state index in [0.29, 0.717) is 17.4 Å². The highest BCUT2D eigenvalue weighted by Gasteiger charge is 2.23. The average Bonchev–Trinajstić information content (AvgIpc) is 3.32. The Bertz CT molecular complexity index is 1230. The summed E-state index contributed by atoms with van der Waals surface area (Å²) in [5.41, 5.74) is 0. The van der Waals surface area contributed by atoms with Crippen LogP contribution in [0.15, 0.2) is 36.5 Å². The zero-order valence-electron chi connectivity index (χ0n) is 47.2. The van der Waals surface area contributed by atoms with Gasteiger partial charge in [-0.2, -0.15) is 0 Å². The van der Waals surface area contributed by atoms with Crippen molar-refractivity contribution in [2.45, 2.75) is 309 Å². The smallest absolute Gasteiger partial charge is 0.268 e. The fourth-order valence-electron chi connectivity index (χ4n) is 9.05. The van der Waals surface area contributed by atoms with Crippen molar-refractivity contribution in [2.24, 2.45) is 0 Å². The van der Waals surface area contributed by atoms with E-state index in [1.54, 1.807) is 6.08 Å². The van der Waals surface area contributed by atoms with Crippen molar-refractivity contribution < 1.29 is 32.9 Å². The van der Waals surface area contributed by atoms with Crippen LogP contribution in [0.2, 0.25) is 0 Å². The van der Waals surface area contributed by atoms with Crippen LogP contribution in [0.4, 0.5) is 0 Å². The number of aliphatic hydroxyl groups is 1. The Morgan fingerprint density at radius 1 is 0.486 bits per heavy atom. The average molecular weight is 1010 g/mol. The van der Waals surface area contributed by atoms with Crippen LogP contribution in [-0.4, -0.2) is 68.5 Å². The Balaban J connectivity index is 4.17. The van der Waals surface area contributed by atoms with Gasteiger partial charge in [0, 0.05) is 6.42 Å². The van der Waals surface area contributed by atoms with E-state index in [0.717, 1.165) is 38.5 Å². The molecule has 0 fully saturated rings. The predicted molar refractivity (Wildman–Crippen MR) is 302 cm³/mol. The number of carbonyl (C=O) groups excluding carboxylic acids is 1. The van der Waals surface area contributed by atoms with Crippen LogP contribution in [0.1, 0.15) is 296 Å². The number of likely N-dealkylation sites (N-methyl/N-ethyl adjacent to an activating group) is 1. The van der Waals surface area contributed by atoms with Crippen molar-refractivity contribution in [3.05, 3.63) is 36.5 Å². The second-order valence-corrected chi connectivity index (χ2v) is 23.5. The normalized spacial score (nSPS) is 14.1. The molecule has 70 heavy (non-hydrogen) atoms. The molecule has 0 spiro atoms. The largest absolute Gasteiger partial charge is 0.756 e. The standard InChI is InChI=1S/C61H119N2O6P/c1-6-8-10-12-14-16-18-20-22-24-26-28-29-30-31-32-33-34-35-37-39-41-43-45-47-49-51-53-55-61(65)62-59(58-69-70(66,67)68-57-56-63(3,4)5)60(64)54-52-50-48-46-44-42-40-38-36-27-25-23-21-19-17-15-13-11-9-7-2/h30-31,44,46,52,54,59-60,64H,6-29,32-43,45,47-51,53,55-58H2,1-5H3,(H-,62,65,66,67)/b31-30-,46-44+,54-52+. The number of hydrogen-bond donors (Lipinski definition) is 2. The van der Waals surface area contributed by atoms with Gasteiger partial charge in [0.05, 0.1) is 39.9 Å². The second-order valence-electron chi connectivity index (χ2n) is 22.0. The van der Waals surface area contributed by atoms with Crippen LogP contribution in [-0.2, 0) is 18.4 Å². The molecular weight excluding hydrogens is 888 g/mol. The first-order valence-corrected chi connectivity index (χ1v) is 31.8. The van der Waals surface area contributed by atoms with E-state index in [2.05, 4.69) is 43.5 Å². The minimum atomic E-state index is -4.61. The first-order chi connectivity index (χ1) is 34.0. The number of unbranched alkanes of at least 4 members (excludes halogenated alkanes) is 39. The molecule has 0 aliphatic carbocycles. The Morgan fingerprint density at radius 2 is 0.800 bits per heavy atom. The van der Waals surface area contributed by atoms with Gasteiger partial charge in [0.2, 0.25) is 5.91 Å². The number of amides is 1. The van der Waals surface area contributed by atoms with Crippen molar-refractivity contribution in [3.63, 3.8) is 0 Å². The van der Waals surface area contributed by atoms with Crippen molar-refractivity contribution in [1.29, 1.82) is 0 Å². The zero-order chi connectivity index (χ0) is 51.3. The van der Waals surface area contributed by atoms with Crippen LogP contribution in [0.25, 0.3) is 0 Å². The maximum atomic E-state index is 13.0. The van der Waals surface area contributed by atoms with Crippen molar-refractivity contribution in [3.8, 4) is 0 Å². The predicted octanol–water partition coefficient (Wildman–Crippen LogP) is 17.9. The van der Waals surface area contributed by atoms with E-state index in [1.807, 2.05) is 27.2 Å². The highest BCUT2D eigenvalue weighted by Crippen LogP contribution is 2.38. The number of allylic oxidation sites excluding steroid dienone is 5. The summed E-state index contributed by atoms with van der Waals surface area (Å²) in [6, 6.07) is -0.903. The summed E-state index contributed by atoms with van der Waals surface area (Å²) in [5, 5.41) is 13.9. The van der Waals surface area contributed by atoms with Crippen LogP contribution in [0.3, 0.4) is 0 Å². The van der Waals surface area contributed by atoms with Gasteiger partial charge in [0.1, 0.15) is 13.2 Å². The number of phosphoric ester groups is 1. The van der Waals surface area contributed by atoms with Crippen LogP contribution >= 0.6 is 7.82 Å². The summed E-state index contributed by atoms with van der Waals surface area (Å²) in [4.78, 5) is 25.5.